The number of rotatable bonds is 7. The molecule has 3 rings (SSSR count). The molecule has 0 aliphatic rings. The molecule has 27 heavy (non-hydrogen) atoms. The van der Waals surface area contributed by atoms with Crippen LogP contribution >= 0.6 is 0 Å². The number of carbonyl (C=O) groups excluding carboxylic acids is 1. The van der Waals surface area contributed by atoms with Crippen molar-refractivity contribution in [2.24, 2.45) is 0 Å². The summed E-state index contributed by atoms with van der Waals surface area (Å²) in [5, 5.41) is 3.91. The van der Waals surface area contributed by atoms with Crippen molar-refractivity contribution in [1.82, 2.24) is 10.3 Å². The van der Waals surface area contributed by atoms with E-state index in [4.69, 9.17) is 14.2 Å². The molecule has 0 aliphatic carbocycles. The highest BCUT2D eigenvalue weighted by Gasteiger charge is 2.19. The third-order valence-corrected chi connectivity index (χ3v) is 4.62. The molecule has 3 aromatic rings. The molecule has 6 heteroatoms. The van der Waals surface area contributed by atoms with Crippen molar-refractivity contribution in [3.8, 4) is 17.2 Å². The predicted octanol–water partition coefficient (Wildman–Crippen LogP) is 3.47. The molecule has 1 heterocycles. The summed E-state index contributed by atoms with van der Waals surface area (Å²) in [6.45, 7) is 2.44. The van der Waals surface area contributed by atoms with Gasteiger partial charge in [0.2, 0.25) is 5.75 Å². The van der Waals surface area contributed by atoms with E-state index in [1.54, 1.807) is 21.3 Å². The Labute approximate surface area is 158 Å². The van der Waals surface area contributed by atoms with Crippen LogP contribution in [0.2, 0.25) is 0 Å². The fourth-order valence-electron chi connectivity index (χ4n) is 3.26. The Morgan fingerprint density at radius 2 is 1.81 bits per heavy atom. The van der Waals surface area contributed by atoms with E-state index in [9.17, 15) is 4.79 Å². The van der Waals surface area contributed by atoms with E-state index in [0.29, 0.717) is 35.8 Å². The zero-order valence-electron chi connectivity index (χ0n) is 16.0. The molecule has 0 radical (unpaired) electrons. The van der Waals surface area contributed by atoms with Crippen molar-refractivity contribution in [1.29, 1.82) is 0 Å². The zero-order valence-corrected chi connectivity index (χ0v) is 16.0. The summed E-state index contributed by atoms with van der Waals surface area (Å²) in [6, 6.07) is 9.43. The molecular formula is C21H24N2O4. The van der Waals surface area contributed by atoms with Crippen LogP contribution in [0.5, 0.6) is 17.2 Å². The first-order chi connectivity index (χ1) is 13.1. The lowest BCUT2D eigenvalue weighted by molar-refractivity contribution is 0.0953. The average Bonchev–Trinajstić information content (AvgIpc) is 3.09. The Morgan fingerprint density at radius 3 is 2.48 bits per heavy atom. The highest BCUT2D eigenvalue weighted by molar-refractivity contribution is 5.96. The number of methoxy groups -OCH3 is 3. The molecule has 0 aliphatic heterocycles. The third-order valence-electron chi connectivity index (χ3n) is 4.62. The largest absolute Gasteiger partial charge is 0.493 e. The maximum atomic E-state index is 12.4. The van der Waals surface area contributed by atoms with Crippen LogP contribution in [0.3, 0.4) is 0 Å². The van der Waals surface area contributed by atoms with Crippen molar-refractivity contribution in [3.63, 3.8) is 0 Å². The van der Waals surface area contributed by atoms with E-state index in [2.05, 4.69) is 10.3 Å². The van der Waals surface area contributed by atoms with Gasteiger partial charge in [0.25, 0.3) is 5.91 Å². The molecule has 0 spiro atoms. The average molecular weight is 368 g/mol. The van der Waals surface area contributed by atoms with Gasteiger partial charge in [0, 0.05) is 29.8 Å². The van der Waals surface area contributed by atoms with E-state index in [0.717, 1.165) is 22.0 Å². The minimum Gasteiger partial charge on any atom is -0.493 e. The number of aromatic nitrogens is 1. The van der Waals surface area contributed by atoms with Crippen LogP contribution in [0.4, 0.5) is 0 Å². The highest BCUT2D eigenvalue weighted by Crippen LogP contribution is 2.44. The quantitative estimate of drug-likeness (QED) is 0.670. The fourth-order valence-corrected chi connectivity index (χ4v) is 3.26. The number of benzene rings is 2. The van der Waals surface area contributed by atoms with Gasteiger partial charge in [-0.15, -0.1) is 0 Å². The molecule has 0 fully saturated rings. The van der Waals surface area contributed by atoms with Crippen LogP contribution in [-0.2, 0) is 6.42 Å². The molecule has 1 amide bonds. The van der Waals surface area contributed by atoms with E-state index in [1.807, 2.05) is 43.5 Å². The van der Waals surface area contributed by atoms with Gasteiger partial charge in [-0.1, -0.05) is 18.2 Å². The van der Waals surface area contributed by atoms with Gasteiger partial charge in [-0.25, -0.2) is 0 Å². The normalized spacial score (nSPS) is 10.7. The second-order valence-corrected chi connectivity index (χ2v) is 6.20. The Kier molecular flexibility index (Phi) is 5.54. The number of fused-ring (bicyclic) bond motifs is 1. The first-order valence-electron chi connectivity index (χ1n) is 8.73. The maximum absolute atomic E-state index is 12.4. The first kappa shape index (κ1) is 18.6. The predicted molar refractivity (Wildman–Crippen MR) is 105 cm³/mol. The second-order valence-electron chi connectivity index (χ2n) is 6.20. The number of hydrogen-bond acceptors (Lipinski definition) is 4. The summed E-state index contributed by atoms with van der Waals surface area (Å²) < 4.78 is 16.4. The number of H-pyrrole nitrogens is 1. The standard InChI is InChI=1S/C21H24N2O4/c1-13-7-5-6-8-15(13)21(24)22-10-9-14-12-23-16-11-17(25-2)19(26-3)20(27-4)18(14)16/h5-8,11-12,23H,9-10H2,1-4H3,(H,22,24). The third kappa shape index (κ3) is 3.56. The van der Waals surface area contributed by atoms with Crippen molar-refractivity contribution in [2.75, 3.05) is 27.9 Å². The summed E-state index contributed by atoms with van der Waals surface area (Å²) >= 11 is 0. The first-order valence-corrected chi connectivity index (χ1v) is 8.73. The fraction of sp³-hybridized carbons (Fsp3) is 0.286. The Balaban J connectivity index is 1.81. The summed E-state index contributed by atoms with van der Waals surface area (Å²) in [7, 11) is 4.78. The number of nitrogens with one attached hydrogen (secondary N) is 2. The lowest BCUT2D eigenvalue weighted by atomic mass is 10.1. The number of aryl methyl sites for hydroxylation is 1. The molecule has 2 N–H and O–H groups in total. The zero-order chi connectivity index (χ0) is 19.4. The van der Waals surface area contributed by atoms with E-state index < -0.39 is 0 Å². The van der Waals surface area contributed by atoms with Gasteiger partial charge in [-0.3, -0.25) is 4.79 Å². The minimum absolute atomic E-state index is 0.0702. The Bertz CT molecular complexity index is 962. The monoisotopic (exact) mass is 368 g/mol. The van der Waals surface area contributed by atoms with Gasteiger partial charge in [0.1, 0.15) is 0 Å². The lowest BCUT2D eigenvalue weighted by Crippen LogP contribution is -2.26. The molecule has 142 valence electrons. The molecule has 6 nitrogen and oxygen atoms in total. The van der Waals surface area contributed by atoms with Gasteiger partial charge in [-0.2, -0.15) is 0 Å². The molecule has 0 saturated carbocycles. The summed E-state index contributed by atoms with van der Waals surface area (Å²) in [5.41, 5.74) is 3.58. The highest BCUT2D eigenvalue weighted by atomic mass is 16.5. The Hall–Kier alpha value is -3.15. The van der Waals surface area contributed by atoms with Gasteiger partial charge >= 0.3 is 0 Å². The summed E-state index contributed by atoms with van der Waals surface area (Å²) in [4.78, 5) is 15.6. The van der Waals surface area contributed by atoms with Crippen LogP contribution in [0.1, 0.15) is 21.5 Å². The number of ether oxygens (including phenoxy) is 3. The number of carbonyl (C=O) groups is 1. The van der Waals surface area contributed by atoms with Gasteiger partial charge in [-0.05, 0) is 30.5 Å². The van der Waals surface area contributed by atoms with Crippen LogP contribution in [0, 0.1) is 6.92 Å². The van der Waals surface area contributed by atoms with Gasteiger partial charge in [0.05, 0.1) is 26.8 Å². The van der Waals surface area contributed by atoms with Crippen LogP contribution in [0.25, 0.3) is 10.9 Å². The van der Waals surface area contributed by atoms with Crippen LogP contribution in [-0.4, -0.2) is 38.8 Å². The van der Waals surface area contributed by atoms with Crippen molar-refractivity contribution < 1.29 is 19.0 Å². The molecule has 0 unspecified atom stereocenters. The summed E-state index contributed by atoms with van der Waals surface area (Å²) in [6.07, 6.45) is 2.58. The minimum atomic E-state index is -0.0702. The maximum Gasteiger partial charge on any atom is 0.251 e. The topological polar surface area (TPSA) is 72.6 Å². The molecule has 1 aromatic heterocycles. The molecule has 0 saturated heterocycles. The SMILES string of the molecule is COc1cc2[nH]cc(CCNC(=O)c3ccccc3C)c2c(OC)c1OC. The number of hydrogen-bond donors (Lipinski definition) is 2. The van der Waals surface area contributed by atoms with E-state index >= 15 is 0 Å². The van der Waals surface area contributed by atoms with Gasteiger partial charge in [0.15, 0.2) is 11.5 Å². The number of amides is 1. The van der Waals surface area contributed by atoms with Crippen molar-refractivity contribution >= 4 is 16.8 Å². The van der Waals surface area contributed by atoms with Crippen molar-refractivity contribution in [2.45, 2.75) is 13.3 Å². The van der Waals surface area contributed by atoms with Gasteiger partial charge < -0.3 is 24.5 Å². The second kappa shape index (κ2) is 8.03. The summed E-state index contributed by atoms with van der Waals surface area (Å²) in [5.74, 6) is 1.70. The molecule has 2 aromatic carbocycles. The molecule has 0 atom stereocenters. The van der Waals surface area contributed by atoms with Crippen molar-refractivity contribution in [3.05, 3.63) is 53.2 Å². The van der Waals surface area contributed by atoms with E-state index in [-0.39, 0.29) is 5.91 Å². The smallest absolute Gasteiger partial charge is 0.251 e. The van der Waals surface area contributed by atoms with E-state index in [1.165, 1.54) is 0 Å². The molecular weight excluding hydrogens is 344 g/mol. The number of aromatic amines is 1. The Morgan fingerprint density at radius 1 is 1.07 bits per heavy atom. The van der Waals surface area contributed by atoms with Crippen LogP contribution in [0.15, 0.2) is 36.5 Å². The lowest BCUT2D eigenvalue weighted by Gasteiger charge is -2.14. The molecule has 0 bridgehead atoms. The van der Waals surface area contributed by atoms with Crippen LogP contribution < -0.4 is 19.5 Å².